The minimum Gasteiger partial charge on any atom is -0.489 e. The predicted molar refractivity (Wildman–Crippen MR) is 77.6 cm³/mol. The van der Waals surface area contributed by atoms with Gasteiger partial charge in [0, 0.05) is 9.13 Å². The Morgan fingerprint density at radius 1 is 1.18 bits per heavy atom. The number of hydrogen-bond acceptors (Lipinski definition) is 1. The zero-order chi connectivity index (χ0) is 12.3. The Balaban J connectivity index is 2.10. The average Bonchev–Trinajstić information content (AvgIpc) is 2.31. The molecule has 17 heavy (non-hydrogen) atoms. The highest BCUT2D eigenvalue weighted by Crippen LogP contribution is 2.22. The van der Waals surface area contributed by atoms with E-state index in [-0.39, 0.29) is 5.82 Å². The summed E-state index contributed by atoms with van der Waals surface area (Å²) in [5, 5.41) is 0. The van der Waals surface area contributed by atoms with Crippen LogP contribution in [0.15, 0.2) is 46.9 Å². The predicted octanol–water partition coefficient (Wildman–Crippen LogP) is 4.77. The molecule has 0 aromatic heterocycles. The quantitative estimate of drug-likeness (QED) is 0.667. The van der Waals surface area contributed by atoms with Crippen LogP contribution in [0.25, 0.3) is 0 Å². The summed E-state index contributed by atoms with van der Waals surface area (Å²) in [4.78, 5) is 0. The molecule has 0 aliphatic rings. The van der Waals surface area contributed by atoms with E-state index in [9.17, 15) is 4.39 Å². The summed E-state index contributed by atoms with van der Waals surface area (Å²) in [6.45, 7) is 0.346. The van der Waals surface area contributed by atoms with Gasteiger partial charge >= 0.3 is 0 Å². The maximum absolute atomic E-state index is 13.3. The van der Waals surface area contributed by atoms with Crippen molar-refractivity contribution in [1.82, 2.24) is 0 Å². The van der Waals surface area contributed by atoms with Crippen molar-refractivity contribution in [2.24, 2.45) is 0 Å². The minimum absolute atomic E-state index is 0.270. The standard InChI is InChI=1S/C13H9BrFIO/c14-13-9(3-1-6-12(13)15)8-17-11-5-2-4-10(16)7-11/h1-7H,8H2. The van der Waals surface area contributed by atoms with E-state index in [1.165, 1.54) is 6.07 Å². The number of rotatable bonds is 3. The summed E-state index contributed by atoms with van der Waals surface area (Å²) in [5.41, 5.74) is 0.795. The Morgan fingerprint density at radius 2 is 1.94 bits per heavy atom. The summed E-state index contributed by atoms with van der Waals surface area (Å²) in [7, 11) is 0. The second-order valence-corrected chi connectivity index (χ2v) is 5.50. The number of benzene rings is 2. The van der Waals surface area contributed by atoms with Crippen molar-refractivity contribution in [3.63, 3.8) is 0 Å². The van der Waals surface area contributed by atoms with Gasteiger partial charge < -0.3 is 4.74 Å². The van der Waals surface area contributed by atoms with Crippen molar-refractivity contribution >= 4 is 38.5 Å². The van der Waals surface area contributed by atoms with Gasteiger partial charge in [0.1, 0.15) is 18.2 Å². The van der Waals surface area contributed by atoms with Crippen LogP contribution in [0.1, 0.15) is 5.56 Å². The lowest BCUT2D eigenvalue weighted by molar-refractivity contribution is 0.304. The van der Waals surface area contributed by atoms with Crippen molar-refractivity contribution in [3.05, 3.63) is 61.9 Å². The Hall–Kier alpha value is -0.620. The van der Waals surface area contributed by atoms with Crippen molar-refractivity contribution < 1.29 is 9.13 Å². The van der Waals surface area contributed by atoms with Gasteiger partial charge in [0.25, 0.3) is 0 Å². The van der Waals surface area contributed by atoms with E-state index in [1.807, 2.05) is 30.3 Å². The maximum Gasteiger partial charge on any atom is 0.137 e. The van der Waals surface area contributed by atoms with Gasteiger partial charge in [-0.05, 0) is 62.8 Å². The van der Waals surface area contributed by atoms with Crippen LogP contribution in [0.5, 0.6) is 5.75 Å². The highest BCUT2D eigenvalue weighted by Gasteiger charge is 2.05. The summed E-state index contributed by atoms with van der Waals surface area (Å²) in [5.74, 6) is 0.516. The molecule has 0 heterocycles. The molecule has 88 valence electrons. The SMILES string of the molecule is Fc1cccc(COc2cccc(I)c2)c1Br. The maximum atomic E-state index is 13.3. The second-order valence-electron chi connectivity index (χ2n) is 3.46. The van der Waals surface area contributed by atoms with Crippen LogP contribution in [-0.4, -0.2) is 0 Å². The molecule has 2 aromatic rings. The van der Waals surface area contributed by atoms with Crippen molar-refractivity contribution in [2.45, 2.75) is 6.61 Å². The van der Waals surface area contributed by atoms with Crippen LogP contribution in [-0.2, 0) is 6.61 Å². The third kappa shape index (κ3) is 3.42. The first-order valence-corrected chi connectivity index (χ1v) is 6.85. The molecule has 2 aromatic carbocycles. The molecule has 0 radical (unpaired) electrons. The molecule has 0 saturated carbocycles. The number of halogens is 3. The van der Waals surface area contributed by atoms with Crippen LogP contribution in [0, 0.1) is 9.39 Å². The largest absolute Gasteiger partial charge is 0.489 e. The van der Waals surface area contributed by atoms with E-state index >= 15 is 0 Å². The summed E-state index contributed by atoms with van der Waals surface area (Å²) >= 11 is 5.43. The Bertz CT molecular complexity index is 531. The molecule has 0 atom stereocenters. The van der Waals surface area contributed by atoms with Crippen LogP contribution in [0.3, 0.4) is 0 Å². The molecule has 0 fully saturated rings. The average molecular weight is 407 g/mol. The molecular formula is C13H9BrFIO. The molecule has 0 unspecified atom stereocenters. The van der Waals surface area contributed by atoms with Gasteiger partial charge in [-0.15, -0.1) is 0 Å². The first-order chi connectivity index (χ1) is 8.16. The Morgan fingerprint density at radius 3 is 2.71 bits per heavy atom. The fourth-order valence-electron chi connectivity index (χ4n) is 1.38. The Kier molecular flexibility index (Phi) is 4.39. The molecule has 0 saturated heterocycles. The number of hydrogen-bond donors (Lipinski definition) is 0. The minimum atomic E-state index is -0.270. The smallest absolute Gasteiger partial charge is 0.137 e. The molecule has 4 heteroatoms. The molecule has 2 rings (SSSR count). The van der Waals surface area contributed by atoms with E-state index in [0.29, 0.717) is 11.1 Å². The van der Waals surface area contributed by atoms with E-state index < -0.39 is 0 Å². The summed E-state index contributed by atoms with van der Waals surface area (Å²) < 4.78 is 20.4. The van der Waals surface area contributed by atoms with Gasteiger partial charge in [0.2, 0.25) is 0 Å². The number of ether oxygens (including phenoxy) is 1. The third-order valence-corrected chi connectivity index (χ3v) is 3.78. The molecular weight excluding hydrogens is 398 g/mol. The molecule has 0 spiro atoms. The molecule has 0 amide bonds. The van der Waals surface area contributed by atoms with Crippen LogP contribution >= 0.6 is 38.5 Å². The van der Waals surface area contributed by atoms with Gasteiger partial charge in [0.15, 0.2) is 0 Å². The van der Waals surface area contributed by atoms with E-state index in [1.54, 1.807) is 6.07 Å². The monoisotopic (exact) mass is 406 g/mol. The van der Waals surface area contributed by atoms with Gasteiger partial charge in [0.05, 0.1) is 4.47 Å². The second kappa shape index (κ2) is 5.82. The third-order valence-electron chi connectivity index (χ3n) is 2.22. The first-order valence-electron chi connectivity index (χ1n) is 4.98. The highest BCUT2D eigenvalue weighted by atomic mass is 127. The van der Waals surface area contributed by atoms with E-state index in [2.05, 4.69) is 38.5 Å². The van der Waals surface area contributed by atoms with Gasteiger partial charge in [-0.25, -0.2) is 4.39 Å². The Labute approximate surface area is 121 Å². The molecule has 0 bridgehead atoms. The zero-order valence-corrected chi connectivity index (χ0v) is 12.5. The van der Waals surface area contributed by atoms with Crippen LogP contribution in [0.4, 0.5) is 4.39 Å². The topological polar surface area (TPSA) is 9.23 Å². The normalized spacial score (nSPS) is 10.3. The molecule has 0 aliphatic carbocycles. The van der Waals surface area contributed by atoms with Crippen molar-refractivity contribution in [3.8, 4) is 5.75 Å². The van der Waals surface area contributed by atoms with Crippen LogP contribution in [0.2, 0.25) is 0 Å². The first kappa shape index (κ1) is 12.8. The lowest BCUT2D eigenvalue weighted by Crippen LogP contribution is -1.97. The van der Waals surface area contributed by atoms with Gasteiger partial charge in [-0.1, -0.05) is 18.2 Å². The van der Waals surface area contributed by atoms with E-state index in [4.69, 9.17) is 4.74 Å². The summed E-state index contributed by atoms with van der Waals surface area (Å²) in [6.07, 6.45) is 0. The molecule has 0 aliphatic heterocycles. The fourth-order valence-corrected chi connectivity index (χ4v) is 2.27. The summed E-state index contributed by atoms with van der Waals surface area (Å²) in [6, 6.07) is 12.7. The highest BCUT2D eigenvalue weighted by molar-refractivity contribution is 14.1. The van der Waals surface area contributed by atoms with Gasteiger partial charge in [-0.3, -0.25) is 0 Å². The fraction of sp³-hybridized carbons (Fsp3) is 0.0769. The van der Waals surface area contributed by atoms with Crippen LogP contribution < -0.4 is 4.74 Å². The van der Waals surface area contributed by atoms with Crippen molar-refractivity contribution in [2.75, 3.05) is 0 Å². The zero-order valence-electron chi connectivity index (χ0n) is 8.79. The van der Waals surface area contributed by atoms with Crippen molar-refractivity contribution in [1.29, 1.82) is 0 Å². The molecule has 0 N–H and O–H groups in total. The van der Waals surface area contributed by atoms with Gasteiger partial charge in [-0.2, -0.15) is 0 Å². The lowest BCUT2D eigenvalue weighted by Gasteiger charge is -2.08. The van der Waals surface area contributed by atoms with E-state index in [0.717, 1.165) is 14.9 Å². The molecule has 1 nitrogen and oxygen atoms in total. The lowest BCUT2D eigenvalue weighted by atomic mass is 10.2.